The molecule has 3 amide bonds. The minimum absolute atomic E-state index is 0.149. The van der Waals surface area contributed by atoms with Crippen LogP contribution in [-0.4, -0.2) is 381 Å². The summed E-state index contributed by atoms with van der Waals surface area (Å²) in [6, 6.07) is -4.86. The van der Waals surface area contributed by atoms with Gasteiger partial charge in [0.15, 0.2) is 44.0 Å². The number of carbonyl (C=O) groups is 3. The summed E-state index contributed by atoms with van der Waals surface area (Å²) in [6.07, 6.45) is -20.3. The van der Waals surface area contributed by atoms with Gasteiger partial charge in [-0.1, -0.05) is 205 Å². The topological polar surface area (TPSA) is 601 Å². The van der Waals surface area contributed by atoms with Crippen LogP contribution >= 0.6 is 0 Å². The third-order valence-electron chi connectivity index (χ3n) is 25.4. The second kappa shape index (κ2) is 60.3. The lowest BCUT2D eigenvalue weighted by Gasteiger charge is -2.53. The van der Waals surface area contributed by atoms with Crippen LogP contribution in [0.5, 0.6) is 0 Å². The highest BCUT2D eigenvalue weighted by molar-refractivity contribution is 5.76. The summed E-state index contributed by atoms with van der Waals surface area (Å²) >= 11 is 0. The Morgan fingerprint density at radius 1 is 0.318 bits per heavy atom. The second-order valence-electron chi connectivity index (χ2n) is 35.9. The van der Waals surface area contributed by atoms with E-state index in [1.807, 2.05) is 6.08 Å². The quantitative estimate of drug-likeness (QED) is 0.0289. The Hall–Kier alpha value is -3.43. The maximum Gasteiger partial charge on any atom is 0.220 e. The molecule has 129 heavy (non-hydrogen) atoms. The molecule has 0 aromatic carbocycles. The van der Waals surface area contributed by atoms with Crippen LogP contribution in [0.4, 0.5) is 0 Å². The molecule has 7 fully saturated rings. The van der Waals surface area contributed by atoms with Crippen molar-refractivity contribution in [1.82, 2.24) is 16.0 Å². The normalized spacial score (nSPS) is 37.5. The zero-order valence-corrected chi connectivity index (χ0v) is 76.4. The van der Waals surface area contributed by atoms with E-state index in [1.165, 1.54) is 155 Å². The fourth-order valence-electron chi connectivity index (χ4n) is 17.6. The molecular formula is C90H161N3O36. The summed E-state index contributed by atoms with van der Waals surface area (Å²) in [5, 5.41) is 224. The van der Waals surface area contributed by atoms with Crippen molar-refractivity contribution in [3.8, 4) is 0 Å². The third kappa shape index (κ3) is 34.9. The number of allylic oxidation sites excluding steroid dienone is 3. The molecule has 39 nitrogen and oxygen atoms in total. The number of carbonyl (C=O) groups excluding carboxylic acids is 3. The van der Waals surface area contributed by atoms with E-state index in [0.717, 1.165) is 71.6 Å². The first-order valence-electron chi connectivity index (χ1n) is 47.8. The average Bonchev–Trinajstić information content (AvgIpc) is 0.748. The van der Waals surface area contributed by atoms with Crippen molar-refractivity contribution in [3.05, 3.63) is 24.3 Å². The summed E-state index contributed by atoms with van der Waals surface area (Å²) in [5.74, 6) is -2.15. The Balaban J connectivity index is 1.05. The smallest absolute Gasteiger partial charge is 0.220 e. The molecule has 0 spiro atoms. The van der Waals surface area contributed by atoms with Gasteiger partial charge in [0, 0.05) is 20.3 Å². The van der Waals surface area contributed by atoms with E-state index in [9.17, 15) is 111 Å². The lowest BCUT2D eigenvalue weighted by atomic mass is 9.93. The number of nitrogens with one attached hydrogen (secondary N) is 3. The van der Waals surface area contributed by atoms with Crippen molar-refractivity contribution in [2.75, 3.05) is 39.6 Å². The van der Waals surface area contributed by atoms with Gasteiger partial charge in [0.25, 0.3) is 0 Å². The molecule has 7 aliphatic heterocycles. The number of rotatable bonds is 60. The van der Waals surface area contributed by atoms with E-state index in [2.05, 4.69) is 41.9 Å². The summed E-state index contributed by atoms with van der Waals surface area (Å²) in [7, 11) is 0. The molecule has 752 valence electrons. The number of amides is 3. The fourth-order valence-corrected chi connectivity index (χ4v) is 17.6. The molecule has 0 aliphatic carbocycles. The van der Waals surface area contributed by atoms with Crippen molar-refractivity contribution in [3.63, 3.8) is 0 Å². The molecule has 7 rings (SSSR count). The Morgan fingerprint density at radius 3 is 1.15 bits per heavy atom. The van der Waals surface area contributed by atoms with Gasteiger partial charge in [-0.15, -0.1) is 0 Å². The van der Waals surface area contributed by atoms with E-state index >= 15 is 0 Å². The maximum absolute atomic E-state index is 13.7. The predicted molar refractivity (Wildman–Crippen MR) is 460 cm³/mol. The first-order chi connectivity index (χ1) is 62.0. The highest BCUT2D eigenvalue weighted by Gasteiger charge is 2.61. The number of unbranched alkanes of at least 4 members (excludes halogenated alkanes) is 30. The SMILES string of the molecule is CCCCCCCC/C=C\CCCCCCCCCCCCCCCC(=O)N[C@@H](CO[C@@H]1OC(CO)[C@@H](O[C@@H]2OC(CO)[C@H](O)[C@H](O[C@@H]3OC(CO)[C@@H](O[C@@H]4OC(CO)[C@H](O)[C@H](O[C@H]5OC(CO)[C@H](O)[C@H](O)C5NC(C)=O)C4O[C@H]4OC(C)[C@@H](O)C(O)[C@@H]4O)[C@H](O[C@H]4OC(C)[C@@H](O)C(O)[C@@H]4O)C3NC(C)=O)C2O)[C@H](O)C1O)[C@H](O)/C=C/CCCCCCCCCCCCC. The van der Waals surface area contributed by atoms with Crippen molar-refractivity contribution in [1.29, 1.82) is 0 Å². The van der Waals surface area contributed by atoms with Gasteiger partial charge in [0.1, 0.15) is 159 Å². The highest BCUT2D eigenvalue weighted by atomic mass is 16.8. The van der Waals surface area contributed by atoms with Crippen molar-refractivity contribution >= 4 is 17.7 Å². The van der Waals surface area contributed by atoms with Gasteiger partial charge in [-0.2, -0.15) is 0 Å². The number of aliphatic hydroxyl groups excluding tert-OH is 19. The fraction of sp³-hybridized carbons (Fsp3) is 0.922. The summed E-state index contributed by atoms with van der Waals surface area (Å²) < 4.78 is 86.3. The third-order valence-corrected chi connectivity index (χ3v) is 25.4. The van der Waals surface area contributed by atoms with Crippen molar-refractivity contribution in [2.24, 2.45) is 0 Å². The van der Waals surface area contributed by atoms with Crippen LogP contribution in [0.2, 0.25) is 0 Å². The molecule has 7 heterocycles. The van der Waals surface area contributed by atoms with Crippen LogP contribution in [0.1, 0.15) is 260 Å². The zero-order valence-electron chi connectivity index (χ0n) is 76.4. The van der Waals surface area contributed by atoms with Crippen LogP contribution in [0.15, 0.2) is 24.3 Å². The molecule has 0 bridgehead atoms. The van der Waals surface area contributed by atoms with Crippen molar-refractivity contribution in [2.45, 2.75) is 487 Å². The van der Waals surface area contributed by atoms with Gasteiger partial charge in [0.2, 0.25) is 17.7 Å². The Labute approximate surface area is 759 Å². The van der Waals surface area contributed by atoms with Gasteiger partial charge in [-0.25, -0.2) is 0 Å². The van der Waals surface area contributed by atoms with Gasteiger partial charge >= 0.3 is 0 Å². The first kappa shape index (κ1) is 113. The van der Waals surface area contributed by atoms with Gasteiger partial charge in [0.05, 0.1) is 64.0 Å². The maximum atomic E-state index is 13.7. The molecular weight excluding hydrogens is 1700 g/mol. The zero-order chi connectivity index (χ0) is 94.2. The van der Waals surface area contributed by atoms with E-state index in [1.54, 1.807) is 6.08 Å². The highest BCUT2D eigenvalue weighted by Crippen LogP contribution is 2.41. The molecule has 39 heteroatoms. The Kier molecular flexibility index (Phi) is 52.6. The van der Waals surface area contributed by atoms with Crippen LogP contribution in [0, 0.1) is 0 Å². The number of aliphatic hydroxyl groups is 19. The minimum Gasteiger partial charge on any atom is -0.394 e. The average molecular weight is 1860 g/mol. The minimum atomic E-state index is -2.32. The molecule has 0 aromatic rings. The summed E-state index contributed by atoms with van der Waals surface area (Å²) in [5.41, 5.74) is 0. The standard InChI is InChI=1S/C90H161N3O36/c1-7-9-11-13-15-17-19-21-22-23-24-25-26-27-28-29-30-32-34-36-38-40-42-44-62(102)93-55(56(101)43-41-39-37-35-33-31-20-18-16-14-12-10-8-2)50-116-86-76(114)73(111)78(60(48-97)123-86)124-89-77(115)81(68(106)58(46-95)120-89)127-85-64(92-54(6)100)80(126-87-74(112)71(109)65(103)51(3)117-87)79(61(49-98)122-85)125-90-83(129-88-75(113)72(110)66(104)52(4)118-88)82(69(107)59(47-96)121-90)128-84-63(91-53(5)99)70(108)67(105)57(45-94)119-84/h21-22,41,43,51-52,55-61,63-90,94-98,101,103-115H,7-20,23-40,42,44-50H2,1-6H3,(H,91,99)(H,92,100)(H,93,102)/b22-21-,43-41+/t51?,52?,55-,56+,57?,58?,59?,60?,61?,63?,64?,65+,66+,67-,68-,69-,70+,71?,72?,73+,74-,75-,76?,77?,78+,79+,80+,81-,82-,83?,84+,85-,86+,87+,88+,89-,90-/m0/s1. The van der Waals surface area contributed by atoms with E-state index in [-0.39, 0.29) is 12.3 Å². The van der Waals surface area contributed by atoms with E-state index in [4.69, 9.17) is 66.3 Å². The number of ether oxygens (including phenoxy) is 14. The van der Waals surface area contributed by atoms with Gasteiger partial charge in [-0.3, -0.25) is 14.4 Å². The van der Waals surface area contributed by atoms with Crippen LogP contribution in [0.25, 0.3) is 0 Å². The van der Waals surface area contributed by atoms with Gasteiger partial charge in [-0.05, 0) is 58.8 Å². The molecule has 7 aliphatic rings. The lowest BCUT2D eigenvalue weighted by molar-refractivity contribution is -0.409. The monoisotopic (exact) mass is 1860 g/mol. The van der Waals surface area contributed by atoms with Crippen LogP contribution < -0.4 is 16.0 Å². The van der Waals surface area contributed by atoms with E-state index < -0.39 is 278 Å². The van der Waals surface area contributed by atoms with Crippen molar-refractivity contribution < 1.29 is 178 Å². The predicted octanol–water partition coefficient (Wildman–Crippen LogP) is 0.352. The molecule has 22 N–H and O–H groups in total. The van der Waals surface area contributed by atoms with E-state index in [0.29, 0.717) is 12.8 Å². The molecule has 37 atom stereocenters. The number of hydrogen-bond donors (Lipinski definition) is 22. The Bertz CT molecular complexity index is 3090. The summed E-state index contributed by atoms with van der Waals surface area (Å²) in [4.78, 5) is 40.1. The molecule has 7 saturated heterocycles. The largest absolute Gasteiger partial charge is 0.394 e. The van der Waals surface area contributed by atoms with Crippen LogP contribution in [-0.2, 0) is 80.7 Å². The number of hydrogen-bond acceptors (Lipinski definition) is 36. The molecule has 14 unspecified atom stereocenters. The van der Waals surface area contributed by atoms with Gasteiger partial charge < -0.3 is 179 Å². The molecule has 0 saturated carbocycles. The van der Waals surface area contributed by atoms with Crippen LogP contribution in [0.3, 0.4) is 0 Å². The second-order valence-corrected chi connectivity index (χ2v) is 35.9. The first-order valence-corrected chi connectivity index (χ1v) is 47.8. The molecule has 0 radical (unpaired) electrons. The molecule has 0 aromatic heterocycles. The summed E-state index contributed by atoms with van der Waals surface area (Å²) in [6.45, 7) is 3.14. The Morgan fingerprint density at radius 2 is 0.667 bits per heavy atom. The lowest BCUT2D eigenvalue weighted by Crippen LogP contribution is -2.72.